The average molecular weight is 612 g/mol. The van der Waals surface area contributed by atoms with Crippen LogP contribution in [0, 0.1) is 5.92 Å². The monoisotopic (exact) mass is 611 g/mol. The number of rotatable bonds is 8. The summed E-state index contributed by atoms with van der Waals surface area (Å²) < 4.78 is 133. The van der Waals surface area contributed by atoms with Crippen LogP contribution in [-0.4, -0.2) is 40.5 Å². The number of aryl methyl sites for hydroxylation is 1. The average Bonchev–Trinajstić information content (AvgIpc) is 3.34. The molecule has 0 radical (unpaired) electrons. The second-order valence-corrected chi connectivity index (χ2v) is 9.87. The van der Waals surface area contributed by atoms with Crippen molar-refractivity contribution in [2.45, 2.75) is 50.6 Å². The molecule has 42 heavy (non-hydrogen) atoms. The zero-order valence-electron chi connectivity index (χ0n) is 22.3. The van der Waals surface area contributed by atoms with E-state index in [1.54, 1.807) is 0 Å². The summed E-state index contributed by atoms with van der Waals surface area (Å²) in [6.07, 6.45) is -14.4. The van der Waals surface area contributed by atoms with Gasteiger partial charge in [-0.3, -0.25) is 0 Å². The highest BCUT2D eigenvalue weighted by atomic mass is 19.4. The molecule has 1 aromatic heterocycles. The van der Waals surface area contributed by atoms with Crippen molar-refractivity contribution in [3.8, 4) is 0 Å². The molecule has 230 valence electrons. The molecular weight excluding hydrogens is 585 g/mol. The van der Waals surface area contributed by atoms with Gasteiger partial charge < -0.3 is 14.4 Å². The van der Waals surface area contributed by atoms with Gasteiger partial charge in [0, 0.05) is 33.4 Å². The largest absolute Gasteiger partial charge is 0.416 e. The van der Waals surface area contributed by atoms with Crippen LogP contribution in [-0.2, 0) is 48.1 Å². The summed E-state index contributed by atoms with van der Waals surface area (Å²) in [5.41, 5.74) is -4.00. The maximum atomic E-state index is 13.7. The van der Waals surface area contributed by atoms with Crippen LogP contribution in [0.15, 0.2) is 36.4 Å². The maximum Gasteiger partial charge on any atom is 0.416 e. The molecule has 0 amide bonds. The highest BCUT2D eigenvalue weighted by Crippen LogP contribution is 2.39. The number of anilines is 1. The van der Waals surface area contributed by atoms with Crippen LogP contribution in [0.3, 0.4) is 0 Å². The molecule has 0 aliphatic carbocycles. The van der Waals surface area contributed by atoms with Gasteiger partial charge in [-0.25, -0.2) is 0 Å². The molecule has 0 spiro atoms. The second kappa shape index (κ2) is 12.1. The molecule has 0 bridgehead atoms. The molecule has 0 N–H and O–H groups in total. The summed E-state index contributed by atoms with van der Waals surface area (Å²) in [5, 5.41) is 11.5. The van der Waals surface area contributed by atoms with Gasteiger partial charge in [-0.2, -0.15) is 44.3 Å². The molecule has 1 fully saturated rings. The lowest BCUT2D eigenvalue weighted by molar-refractivity contribution is -0.143. The molecule has 2 heterocycles. The van der Waals surface area contributed by atoms with E-state index in [0.717, 1.165) is 16.9 Å². The first kappa shape index (κ1) is 31.5. The van der Waals surface area contributed by atoms with Gasteiger partial charge in [0.2, 0.25) is 0 Å². The van der Waals surface area contributed by atoms with Crippen molar-refractivity contribution in [1.29, 1.82) is 0 Å². The fourth-order valence-electron chi connectivity index (χ4n) is 4.92. The standard InChI is InChI=1S/C26H26F9N5O2/c1-39-37-23(36-38-39)40(13-15-9-19(25(30,31)32)12-20(10-15)26(33,34)35)14-17-11-18(24(27,28)29)3-4-21(17)22(41-2)16-5-7-42-8-6-16/h3-4,9-12,16,22H,5-8,13-14H2,1-2H3/t22-/m0/s1. The van der Waals surface area contributed by atoms with E-state index in [0.29, 0.717) is 43.8 Å². The lowest BCUT2D eigenvalue weighted by Gasteiger charge is -2.32. The van der Waals surface area contributed by atoms with E-state index in [4.69, 9.17) is 9.47 Å². The van der Waals surface area contributed by atoms with Crippen molar-refractivity contribution in [1.82, 2.24) is 20.2 Å². The Balaban J connectivity index is 1.81. The Labute approximate surface area is 234 Å². The minimum absolute atomic E-state index is 0.00358. The Morgan fingerprint density at radius 1 is 0.881 bits per heavy atom. The van der Waals surface area contributed by atoms with Gasteiger partial charge in [-0.15, -0.1) is 5.10 Å². The summed E-state index contributed by atoms with van der Waals surface area (Å²) in [6.45, 7) is -0.171. The lowest BCUT2D eigenvalue weighted by atomic mass is 9.86. The third kappa shape index (κ3) is 7.51. The van der Waals surface area contributed by atoms with Crippen LogP contribution < -0.4 is 4.90 Å². The van der Waals surface area contributed by atoms with Crippen molar-refractivity contribution < 1.29 is 49.0 Å². The minimum atomic E-state index is -5.09. The molecule has 1 atom stereocenters. The quantitative estimate of drug-likeness (QED) is 0.268. The number of alkyl halides is 9. The van der Waals surface area contributed by atoms with Gasteiger partial charge in [-0.05, 0) is 71.0 Å². The molecule has 7 nitrogen and oxygen atoms in total. The number of hydrogen-bond donors (Lipinski definition) is 0. The van der Waals surface area contributed by atoms with E-state index in [1.165, 1.54) is 25.1 Å². The van der Waals surface area contributed by atoms with Crippen molar-refractivity contribution >= 4 is 5.95 Å². The zero-order chi connectivity index (χ0) is 30.9. The maximum absolute atomic E-state index is 13.7. The molecule has 1 aliphatic heterocycles. The third-order valence-electron chi connectivity index (χ3n) is 6.89. The summed E-state index contributed by atoms with van der Waals surface area (Å²) >= 11 is 0. The van der Waals surface area contributed by atoms with E-state index in [2.05, 4.69) is 15.4 Å². The van der Waals surface area contributed by atoms with E-state index in [9.17, 15) is 39.5 Å². The predicted octanol–water partition coefficient (Wildman–Crippen LogP) is 6.59. The number of tetrazole rings is 1. The molecule has 2 aromatic carbocycles. The highest BCUT2D eigenvalue weighted by molar-refractivity contribution is 5.42. The molecule has 0 saturated carbocycles. The molecule has 0 unspecified atom stereocenters. The third-order valence-corrected chi connectivity index (χ3v) is 6.89. The molecule has 1 saturated heterocycles. The summed E-state index contributed by atoms with van der Waals surface area (Å²) in [7, 11) is 2.79. The van der Waals surface area contributed by atoms with E-state index in [-0.39, 0.29) is 23.5 Å². The number of halogens is 9. The fourth-order valence-corrected chi connectivity index (χ4v) is 4.92. The number of benzene rings is 2. The van der Waals surface area contributed by atoms with Gasteiger partial charge in [-0.1, -0.05) is 11.2 Å². The molecule has 1 aliphatic rings. The van der Waals surface area contributed by atoms with Gasteiger partial charge in [0.25, 0.3) is 5.95 Å². The summed E-state index contributed by atoms with van der Waals surface area (Å²) in [5.74, 6) is -0.327. The van der Waals surface area contributed by atoms with Crippen molar-refractivity contribution in [2.24, 2.45) is 13.0 Å². The fraction of sp³-hybridized carbons (Fsp3) is 0.500. The second-order valence-electron chi connectivity index (χ2n) is 9.87. The number of aromatic nitrogens is 4. The normalized spacial score (nSPS) is 16.1. The zero-order valence-corrected chi connectivity index (χ0v) is 22.3. The smallest absolute Gasteiger partial charge is 0.381 e. The first-order valence-electron chi connectivity index (χ1n) is 12.6. The van der Waals surface area contributed by atoms with Crippen LogP contribution in [0.5, 0.6) is 0 Å². The van der Waals surface area contributed by atoms with Gasteiger partial charge in [0.1, 0.15) is 0 Å². The Morgan fingerprint density at radius 2 is 1.48 bits per heavy atom. The number of nitrogens with zero attached hydrogens (tertiary/aromatic N) is 5. The van der Waals surface area contributed by atoms with Crippen molar-refractivity contribution in [3.63, 3.8) is 0 Å². The van der Waals surface area contributed by atoms with Crippen molar-refractivity contribution in [2.75, 3.05) is 25.2 Å². The highest BCUT2D eigenvalue weighted by Gasteiger charge is 2.38. The van der Waals surface area contributed by atoms with Crippen LogP contribution in [0.25, 0.3) is 0 Å². The number of methoxy groups -OCH3 is 1. The molecule has 4 rings (SSSR count). The topological polar surface area (TPSA) is 65.3 Å². The van der Waals surface area contributed by atoms with Crippen LogP contribution in [0.1, 0.15) is 52.3 Å². The molecular formula is C26H26F9N5O2. The number of ether oxygens (including phenoxy) is 2. The minimum Gasteiger partial charge on any atom is -0.381 e. The predicted molar refractivity (Wildman–Crippen MR) is 130 cm³/mol. The molecule has 3 aromatic rings. The Hall–Kier alpha value is -3.40. The van der Waals surface area contributed by atoms with Crippen LogP contribution in [0.4, 0.5) is 45.5 Å². The van der Waals surface area contributed by atoms with E-state index in [1.807, 2.05) is 0 Å². The first-order valence-corrected chi connectivity index (χ1v) is 12.6. The SMILES string of the molecule is CO[C@H](c1ccc(C(F)(F)F)cc1CN(Cc1cc(C(F)(F)F)cc(C(F)(F)F)c1)c1nnn(C)n1)C1CCOCC1. The summed E-state index contributed by atoms with van der Waals surface area (Å²) in [4.78, 5) is 2.17. The number of hydrogen-bond acceptors (Lipinski definition) is 6. The van der Waals surface area contributed by atoms with Crippen molar-refractivity contribution in [3.05, 3.63) is 69.8 Å². The van der Waals surface area contributed by atoms with Crippen LogP contribution in [0.2, 0.25) is 0 Å². The van der Waals surface area contributed by atoms with Gasteiger partial charge >= 0.3 is 18.5 Å². The van der Waals surface area contributed by atoms with E-state index < -0.39 is 60.0 Å². The lowest BCUT2D eigenvalue weighted by Crippen LogP contribution is -2.28. The van der Waals surface area contributed by atoms with E-state index >= 15 is 0 Å². The molecule has 16 heteroatoms. The van der Waals surface area contributed by atoms with Gasteiger partial charge in [0.05, 0.1) is 29.8 Å². The Morgan fingerprint density at radius 3 is 1.98 bits per heavy atom. The van der Waals surface area contributed by atoms with Gasteiger partial charge in [0.15, 0.2) is 0 Å². The van der Waals surface area contributed by atoms with Crippen LogP contribution >= 0.6 is 0 Å². The first-order chi connectivity index (χ1) is 19.6. The Bertz CT molecular complexity index is 1330. The Kier molecular flexibility index (Phi) is 9.06. The summed E-state index contributed by atoms with van der Waals surface area (Å²) in [6, 6.07) is 4.15.